The van der Waals surface area contributed by atoms with E-state index in [0.29, 0.717) is 28.1 Å². The van der Waals surface area contributed by atoms with E-state index in [4.69, 9.17) is 4.74 Å². The third kappa shape index (κ3) is 1.95. The predicted octanol–water partition coefficient (Wildman–Crippen LogP) is 5.00. The zero-order valence-electron chi connectivity index (χ0n) is 15.8. The number of ketones is 1. The normalized spacial score (nSPS) is 58.7. The molecule has 8 atom stereocenters. The second-order valence-corrected chi connectivity index (χ2v) is 10.6. The van der Waals surface area contributed by atoms with Gasteiger partial charge >= 0.3 is 0 Å². The molecule has 2 heteroatoms. The molecule has 134 valence electrons. The Balaban J connectivity index is 1.43. The Bertz CT molecular complexity index is 564. The molecule has 0 aromatic carbocycles. The van der Waals surface area contributed by atoms with E-state index in [1.807, 2.05) is 6.92 Å². The molecule has 5 fully saturated rings. The van der Waals surface area contributed by atoms with E-state index < -0.39 is 0 Å². The van der Waals surface area contributed by atoms with Gasteiger partial charge in [0.1, 0.15) is 5.78 Å². The number of hydrogen-bond donors (Lipinski definition) is 0. The van der Waals surface area contributed by atoms with Crippen molar-refractivity contribution in [3.05, 3.63) is 0 Å². The second kappa shape index (κ2) is 4.87. The number of hydrogen-bond acceptors (Lipinski definition) is 2. The molecule has 0 aromatic heterocycles. The maximum absolute atomic E-state index is 12.2. The van der Waals surface area contributed by atoms with E-state index in [0.717, 1.165) is 36.7 Å². The van der Waals surface area contributed by atoms with Crippen LogP contribution >= 0.6 is 0 Å². The summed E-state index contributed by atoms with van der Waals surface area (Å²) < 4.78 is 5.86. The summed E-state index contributed by atoms with van der Waals surface area (Å²) in [6, 6.07) is 0. The Kier molecular flexibility index (Phi) is 3.22. The van der Waals surface area contributed by atoms with Gasteiger partial charge in [0.05, 0.1) is 12.2 Å². The first kappa shape index (κ1) is 15.9. The van der Waals surface area contributed by atoms with Crippen molar-refractivity contribution >= 4 is 5.78 Å². The van der Waals surface area contributed by atoms with Crippen molar-refractivity contribution in [2.75, 3.05) is 6.61 Å². The Hall–Kier alpha value is -0.370. The quantitative estimate of drug-likeness (QED) is 0.633. The van der Waals surface area contributed by atoms with Crippen LogP contribution in [0, 0.1) is 40.4 Å². The molecule has 0 bridgehead atoms. The minimum atomic E-state index is 0.311. The van der Waals surface area contributed by atoms with Crippen molar-refractivity contribution in [2.45, 2.75) is 84.2 Å². The van der Waals surface area contributed by atoms with E-state index in [-0.39, 0.29) is 0 Å². The van der Waals surface area contributed by atoms with Crippen molar-refractivity contribution in [3.8, 4) is 0 Å². The molecule has 5 aliphatic rings. The molecule has 0 radical (unpaired) electrons. The number of fused-ring (bicyclic) bond motifs is 5. The first-order valence-corrected chi connectivity index (χ1v) is 10.5. The Labute approximate surface area is 147 Å². The van der Waals surface area contributed by atoms with Crippen LogP contribution in [-0.4, -0.2) is 18.0 Å². The van der Waals surface area contributed by atoms with Crippen LogP contribution in [-0.2, 0) is 9.53 Å². The third-order valence-corrected chi connectivity index (χ3v) is 9.85. The monoisotopic (exact) mass is 330 g/mol. The highest BCUT2D eigenvalue weighted by Crippen LogP contribution is 2.68. The molecule has 2 nitrogen and oxygen atoms in total. The van der Waals surface area contributed by atoms with Gasteiger partial charge in [-0.25, -0.2) is 0 Å². The van der Waals surface area contributed by atoms with Gasteiger partial charge < -0.3 is 4.74 Å². The van der Waals surface area contributed by atoms with Crippen molar-refractivity contribution in [2.24, 2.45) is 40.4 Å². The van der Waals surface area contributed by atoms with Crippen LogP contribution in [0.4, 0.5) is 0 Å². The van der Waals surface area contributed by atoms with Gasteiger partial charge in [0.15, 0.2) is 0 Å². The van der Waals surface area contributed by atoms with E-state index in [1.54, 1.807) is 0 Å². The standard InChI is InChI=1S/C22H34O2/c1-14(23)17-6-7-18-16-5-4-15-12-22(13-24-22)11-10-20(15,2)19(16)8-9-21(17,18)3/h15-19H,4-13H2,1-3H3/t15?,16?,17-,18?,19?,20+,21-,22-/m1/s1. The lowest BCUT2D eigenvalue weighted by atomic mass is 9.44. The molecule has 1 aliphatic heterocycles. The fourth-order valence-corrected chi connectivity index (χ4v) is 8.34. The fraction of sp³-hybridized carbons (Fsp3) is 0.955. The maximum Gasteiger partial charge on any atom is 0.133 e. The zero-order valence-corrected chi connectivity index (χ0v) is 15.8. The second-order valence-electron chi connectivity index (χ2n) is 10.6. The summed E-state index contributed by atoms with van der Waals surface area (Å²) in [7, 11) is 0. The molecule has 0 aromatic rings. The van der Waals surface area contributed by atoms with Gasteiger partial charge in [0.2, 0.25) is 0 Å². The highest BCUT2D eigenvalue weighted by molar-refractivity contribution is 5.79. The lowest BCUT2D eigenvalue weighted by Gasteiger charge is -2.61. The van der Waals surface area contributed by atoms with Crippen LogP contribution in [0.1, 0.15) is 78.6 Å². The molecule has 0 N–H and O–H groups in total. The highest BCUT2D eigenvalue weighted by Gasteiger charge is 2.63. The van der Waals surface area contributed by atoms with Gasteiger partial charge in [-0.2, -0.15) is 0 Å². The van der Waals surface area contributed by atoms with Gasteiger partial charge in [-0.15, -0.1) is 0 Å². The average molecular weight is 331 g/mol. The number of carbonyl (C=O) groups is 1. The fourth-order valence-electron chi connectivity index (χ4n) is 8.34. The molecular formula is C22H34O2. The van der Waals surface area contributed by atoms with Crippen molar-refractivity contribution in [1.82, 2.24) is 0 Å². The van der Waals surface area contributed by atoms with Crippen LogP contribution in [0.5, 0.6) is 0 Å². The topological polar surface area (TPSA) is 29.6 Å². The van der Waals surface area contributed by atoms with Crippen LogP contribution in [0.3, 0.4) is 0 Å². The summed E-state index contributed by atoms with van der Waals surface area (Å²) in [5.74, 6) is 4.33. The first-order chi connectivity index (χ1) is 11.4. The van der Waals surface area contributed by atoms with Crippen LogP contribution in [0.25, 0.3) is 0 Å². The van der Waals surface area contributed by atoms with E-state index in [1.165, 1.54) is 51.4 Å². The molecule has 4 unspecified atom stereocenters. The van der Waals surface area contributed by atoms with E-state index >= 15 is 0 Å². The summed E-state index contributed by atoms with van der Waals surface area (Å²) in [5.41, 5.74) is 1.18. The van der Waals surface area contributed by atoms with Gasteiger partial charge in [0.25, 0.3) is 0 Å². The van der Waals surface area contributed by atoms with Gasteiger partial charge in [0, 0.05) is 5.92 Å². The molecule has 0 amide bonds. The molecule has 24 heavy (non-hydrogen) atoms. The molecule has 4 saturated carbocycles. The van der Waals surface area contributed by atoms with Crippen molar-refractivity contribution in [3.63, 3.8) is 0 Å². The van der Waals surface area contributed by atoms with Crippen LogP contribution in [0.2, 0.25) is 0 Å². The smallest absolute Gasteiger partial charge is 0.133 e. The minimum Gasteiger partial charge on any atom is -0.370 e. The highest BCUT2D eigenvalue weighted by atomic mass is 16.6. The van der Waals surface area contributed by atoms with Crippen molar-refractivity contribution in [1.29, 1.82) is 0 Å². The van der Waals surface area contributed by atoms with Crippen LogP contribution < -0.4 is 0 Å². The third-order valence-electron chi connectivity index (χ3n) is 9.85. The Morgan fingerprint density at radius 2 is 1.67 bits per heavy atom. The zero-order chi connectivity index (χ0) is 16.7. The maximum atomic E-state index is 12.2. The van der Waals surface area contributed by atoms with Gasteiger partial charge in [-0.1, -0.05) is 13.8 Å². The van der Waals surface area contributed by atoms with Crippen molar-refractivity contribution < 1.29 is 9.53 Å². The SMILES string of the molecule is CC(=O)[C@H]1CCC2C3CCC4C[C@]5(CC[C@]4(C)C3CC[C@@]21C)CO5. The number of carbonyl (C=O) groups excluding carboxylic acids is 1. The minimum absolute atomic E-state index is 0.311. The number of Topliss-reactive ketones (excluding diaryl/α,β-unsaturated/α-hetero) is 1. The summed E-state index contributed by atoms with van der Waals surface area (Å²) in [4.78, 5) is 12.2. The van der Waals surface area contributed by atoms with E-state index in [9.17, 15) is 4.79 Å². The Morgan fingerprint density at radius 1 is 0.917 bits per heavy atom. The first-order valence-electron chi connectivity index (χ1n) is 10.5. The van der Waals surface area contributed by atoms with Gasteiger partial charge in [-0.05, 0) is 99.2 Å². The molecule has 1 saturated heterocycles. The lowest BCUT2D eigenvalue weighted by molar-refractivity contribution is -0.136. The summed E-state index contributed by atoms with van der Waals surface area (Å²) in [6.45, 7) is 7.98. The largest absolute Gasteiger partial charge is 0.370 e. The average Bonchev–Trinajstić information content (AvgIpc) is 3.19. The molecule has 1 heterocycles. The Morgan fingerprint density at radius 3 is 2.38 bits per heavy atom. The van der Waals surface area contributed by atoms with E-state index in [2.05, 4.69) is 13.8 Å². The number of epoxide rings is 1. The molecular weight excluding hydrogens is 296 g/mol. The predicted molar refractivity (Wildman–Crippen MR) is 94.6 cm³/mol. The number of ether oxygens (including phenoxy) is 1. The molecule has 1 spiro atoms. The van der Waals surface area contributed by atoms with Crippen LogP contribution in [0.15, 0.2) is 0 Å². The lowest BCUT2D eigenvalue weighted by Crippen LogP contribution is -2.54. The number of rotatable bonds is 1. The summed E-state index contributed by atoms with van der Waals surface area (Å²) in [6.07, 6.45) is 12.0. The molecule has 4 aliphatic carbocycles. The summed E-state index contributed by atoms with van der Waals surface area (Å²) in [5, 5.41) is 0. The molecule has 5 rings (SSSR count). The summed E-state index contributed by atoms with van der Waals surface area (Å²) >= 11 is 0. The van der Waals surface area contributed by atoms with Gasteiger partial charge in [-0.3, -0.25) is 4.79 Å².